The van der Waals surface area contributed by atoms with Crippen LogP contribution in [0.5, 0.6) is 0 Å². The van der Waals surface area contributed by atoms with E-state index in [-0.39, 0.29) is 7.43 Å². The summed E-state index contributed by atoms with van der Waals surface area (Å²) in [5.74, 6) is 2.04. The quantitative estimate of drug-likeness (QED) is 0.228. The van der Waals surface area contributed by atoms with Crippen LogP contribution in [-0.2, 0) is 17.0 Å². The predicted molar refractivity (Wildman–Crippen MR) is 157 cm³/mol. The first-order valence-corrected chi connectivity index (χ1v) is 19.8. The molecule has 3 aromatic rings. The molecule has 1 aliphatic heterocycles. The molecule has 4 atom stereocenters. The number of benzene rings is 3. The van der Waals surface area contributed by atoms with Gasteiger partial charge in [-0.2, -0.15) is 0 Å². The molecule has 0 amide bonds. The van der Waals surface area contributed by atoms with Crippen molar-refractivity contribution < 1.29 is 17.0 Å². The van der Waals surface area contributed by atoms with Crippen LogP contribution in [0.1, 0.15) is 19.8 Å². The molecule has 2 aliphatic carbocycles. The molecule has 0 spiro atoms. The first kappa shape index (κ1) is 27.5. The zero-order valence-electron chi connectivity index (χ0n) is 21.5. The number of hydrogen-bond donors (Lipinski definition) is 0. The monoisotopic (exact) mass is 568 g/mol. The van der Waals surface area contributed by atoms with Crippen LogP contribution in [0.2, 0.25) is 18.6 Å². The summed E-state index contributed by atoms with van der Waals surface area (Å²) in [5, 5.41) is 7.87. The molecule has 0 bridgehead atoms. The van der Waals surface area contributed by atoms with Gasteiger partial charge in [0.15, 0.2) is 8.24 Å². The predicted octanol–water partition coefficient (Wildman–Crippen LogP) is 8.81. The van der Waals surface area contributed by atoms with E-state index in [2.05, 4.69) is 110 Å². The van der Waals surface area contributed by atoms with Gasteiger partial charge in [0.2, 0.25) is 0 Å². The fraction of sp³-hybridized carbons (Fsp3) is 0.300. The minimum atomic E-state index is -1.96. The van der Waals surface area contributed by atoms with Crippen LogP contribution in [0.25, 0.3) is 17.5 Å². The third-order valence-electron chi connectivity index (χ3n) is 8.16. The third-order valence-corrected chi connectivity index (χ3v) is 12.3. The van der Waals surface area contributed by atoms with Gasteiger partial charge in [0.25, 0.3) is 0 Å². The molecule has 6 rings (SSSR count). The SMILES string of the molecule is CC[C@@H]1C[C@@H]2C=c3ccccc3=C[C@@H]2C1[Si](C)(C)N1c2ccccc2[N-]c2ccccc21.[CH3-].[Cl][Ti][Cl]. The molecule has 0 aromatic heterocycles. The standard InChI is InChI=1S/C29H31N2Si.CH3.2ClH.Ti/c1-4-20-17-23-18-21-11-5-6-12-22(21)19-24(23)29(20)32(2,3)31-27-15-9-7-13-25(27)30-26-14-8-10-16-28(26)31;;;;/h5-16,18-20,23-24,29H,4,17H2,1-3H3;1H3;2*1H;/q2*-1;;;+2/p-2/t20-,23-,24+,29?;;;;/m1..../s1. The molecule has 36 heavy (non-hydrogen) atoms. The minimum absolute atomic E-state index is 0. The van der Waals surface area contributed by atoms with Gasteiger partial charge >= 0.3 is 35.6 Å². The Labute approximate surface area is 234 Å². The molecule has 1 fully saturated rings. The molecule has 1 heterocycles. The van der Waals surface area contributed by atoms with Crippen molar-refractivity contribution in [2.45, 2.75) is 38.4 Å². The average molecular weight is 569 g/mol. The van der Waals surface area contributed by atoms with Gasteiger partial charge < -0.3 is 17.3 Å². The van der Waals surface area contributed by atoms with Crippen LogP contribution >= 0.6 is 18.6 Å². The Morgan fingerprint density at radius 1 is 0.861 bits per heavy atom. The van der Waals surface area contributed by atoms with Crippen LogP contribution in [-0.4, -0.2) is 8.24 Å². The van der Waals surface area contributed by atoms with Crippen molar-refractivity contribution in [1.29, 1.82) is 0 Å². The summed E-state index contributed by atoms with van der Waals surface area (Å²) < 4.78 is 2.74. The van der Waals surface area contributed by atoms with Crippen molar-refractivity contribution in [2.24, 2.45) is 17.8 Å². The Hall–Kier alpha value is -1.49. The van der Waals surface area contributed by atoms with Gasteiger partial charge in [-0.1, -0.05) is 99.3 Å². The average Bonchev–Trinajstić information content (AvgIpc) is 3.24. The van der Waals surface area contributed by atoms with Crippen LogP contribution in [0.4, 0.5) is 22.7 Å². The van der Waals surface area contributed by atoms with Gasteiger partial charge in [0.1, 0.15) is 0 Å². The zero-order chi connectivity index (χ0) is 24.6. The van der Waals surface area contributed by atoms with E-state index < -0.39 is 25.3 Å². The van der Waals surface area contributed by atoms with Crippen molar-refractivity contribution in [3.63, 3.8) is 0 Å². The molecule has 0 radical (unpaired) electrons. The molecule has 2 nitrogen and oxygen atoms in total. The fourth-order valence-electron chi connectivity index (χ4n) is 6.89. The summed E-state index contributed by atoms with van der Waals surface area (Å²) in [6, 6.07) is 26.4. The molecule has 1 unspecified atom stereocenters. The van der Waals surface area contributed by atoms with E-state index in [1.165, 1.54) is 34.7 Å². The Bertz CT molecular complexity index is 1280. The molecular formula is C30H34Cl2N2SiTi-2. The van der Waals surface area contributed by atoms with Gasteiger partial charge in [0.05, 0.1) is 0 Å². The summed E-state index contributed by atoms with van der Waals surface area (Å²) in [5.41, 5.74) is 5.50. The molecule has 6 heteroatoms. The Kier molecular flexibility index (Phi) is 8.79. The van der Waals surface area contributed by atoms with Gasteiger partial charge in [-0.05, 0) is 52.3 Å². The zero-order valence-corrected chi connectivity index (χ0v) is 25.5. The number of hydrogen-bond acceptors (Lipinski definition) is 1. The van der Waals surface area contributed by atoms with Crippen molar-refractivity contribution in [1.82, 2.24) is 0 Å². The second-order valence-corrected chi connectivity index (χ2v) is 17.3. The normalized spacial score (nSPS) is 23.0. The number of nitrogens with zero attached hydrogens (tertiary/aromatic N) is 2. The first-order valence-electron chi connectivity index (χ1n) is 12.4. The summed E-state index contributed by atoms with van der Waals surface area (Å²) >= 11 is -0.556. The molecular weight excluding hydrogens is 535 g/mol. The molecule has 0 N–H and O–H groups in total. The molecule has 3 aliphatic rings. The van der Waals surface area contributed by atoms with Gasteiger partial charge in [-0.15, -0.1) is 11.4 Å². The van der Waals surface area contributed by atoms with Crippen LogP contribution in [0.3, 0.4) is 0 Å². The molecule has 0 saturated heterocycles. The summed E-state index contributed by atoms with van der Waals surface area (Å²) in [6.45, 7) is 7.62. The maximum atomic E-state index is 5.02. The van der Waals surface area contributed by atoms with Crippen molar-refractivity contribution in [3.8, 4) is 0 Å². The fourth-order valence-corrected chi connectivity index (χ4v) is 11.6. The Morgan fingerprint density at radius 3 is 1.92 bits per heavy atom. The number of anilines is 2. The van der Waals surface area contributed by atoms with Crippen LogP contribution in [0, 0.1) is 25.2 Å². The summed E-state index contributed by atoms with van der Waals surface area (Å²) in [7, 11) is 7.81. The summed E-state index contributed by atoms with van der Waals surface area (Å²) in [4.78, 5) is 0. The van der Waals surface area contributed by atoms with E-state index in [0.717, 1.165) is 17.3 Å². The second kappa shape index (κ2) is 11.5. The van der Waals surface area contributed by atoms with E-state index in [1.54, 1.807) is 0 Å². The second-order valence-electron chi connectivity index (χ2n) is 10.3. The molecule has 188 valence electrons. The van der Waals surface area contributed by atoms with E-state index in [0.29, 0.717) is 17.4 Å². The summed E-state index contributed by atoms with van der Waals surface area (Å²) in [6.07, 6.45) is 7.78. The first-order chi connectivity index (χ1) is 17.0. The number of rotatable bonds is 3. The van der Waals surface area contributed by atoms with Gasteiger partial charge in [0, 0.05) is 11.4 Å². The van der Waals surface area contributed by atoms with Crippen LogP contribution in [0.15, 0.2) is 72.8 Å². The van der Waals surface area contributed by atoms with Crippen molar-refractivity contribution in [3.05, 3.63) is 96.0 Å². The van der Waals surface area contributed by atoms with E-state index in [1.807, 2.05) is 0 Å². The van der Waals surface area contributed by atoms with Gasteiger partial charge in [-0.3, -0.25) is 0 Å². The maximum absolute atomic E-state index is 5.02. The van der Waals surface area contributed by atoms with E-state index in [9.17, 15) is 0 Å². The van der Waals surface area contributed by atoms with Crippen LogP contribution < -0.4 is 15.0 Å². The Balaban J connectivity index is 0.000000726. The number of para-hydroxylation sites is 4. The topological polar surface area (TPSA) is 17.3 Å². The van der Waals surface area contributed by atoms with Gasteiger partial charge in [-0.25, -0.2) is 0 Å². The van der Waals surface area contributed by atoms with E-state index >= 15 is 0 Å². The van der Waals surface area contributed by atoms with Crippen molar-refractivity contribution in [2.75, 3.05) is 4.57 Å². The molecule has 1 saturated carbocycles. The third kappa shape index (κ3) is 4.86. The van der Waals surface area contributed by atoms with E-state index in [4.69, 9.17) is 23.9 Å². The Morgan fingerprint density at radius 2 is 1.36 bits per heavy atom. The number of fused-ring (bicyclic) bond motifs is 4. The number of halogens is 2. The van der Waals surface area contributed by atoms with Crippen molar-refractivity contribution >= 4 is 61.7 Å². The molecule has 3 aromatic carbocycles.